The van der Waals surface area contributed by atoms with E-state index in [1.807, 2.05) is 13.8 Å². The van der Waals surface area contributed by atoms with Gasteiger partial charge in [-0.15, -0.1) is 0 Å². The third-order valence-electron chi connectivity index (χ3n) is 2.83. The second-order valence-corrected chi connectivity index (χ2v) is 5.77. The standard InChI is InChI=1S/C16H25N3O2/c1-11(2)9-10-17-16(21)19-14-7-5-13(6-8-14)15(20)18-12(3)4/h5-8,11-12H,9-10H2,1-4H3,(H,18,20)(H2,17,19,21). The van der Waals surface area contributed by atoms with E-state index in [0.29, 0.717) is 23.7 Å². The summed E-state index contributed by atoms with van der Waals surface area (Å²) in [6, 6.07) is 6.70. The van der Waals surface area contributed by atoms with Gasteiger partial charge in [-0.2, -0.15) is 0 Å². The topological polar surface area (TPSA) is 70.2 Å². The minimum atomic E-state index is -0.227. The van der Waals surface area contributed by atoms with Gasteiger partial charge in [0.15, 0.2) is 0 Å². The third kappa shape index (κ3) is 6.79. The molecule has 0 unspecified atom stereocenters. The van der Waals surface area contributed by atoms with Crippen LogP contribution in [0.4, 0.5) is 10.5 Å². The molecule has 1 aromatic carbocycles. The van der Waals surface area contributed by atoms with Gasteiger partial charge in [-0.3, -0.25) is 4.79 Å². The molecule has 1 aromatic rings. The van der Waals surface area contributed by atoms with Crippen molar-refractivity contribution < 1.29 is 9.59 Å². The highest BCUT2D eigenvalue weighted by Crippen LogP contribution is 2.09. The van der Waals surface area contributed by atoms with Crippen LogP contribution in [0.15, 0.2) is 24.3 Å². The van der Waals surface area contributed by atoms with Crippen molar-refractivity contribution >= 4 is 17.6 Å². The largest absolute Gasteiger partial charge is 0.350 e. The number of benzene rings is 1. The van der Waals surface area contributed by atoms with Gasteiger partial charge in [0.1, 0.15) is 0 Å². The Morgan fingerprint density at radius 2 is 1.67 bits per heavy atom. The van der Waals surface area contributed by atoms with Gasteiger partial charge in [0.2, 0.25) is 0 Å². The number of rotatable bonds is 6. The first kappa shape index (κ1) is 17.0. The minimum Gasteiger partial charge on any atom is -0.350 e. The highest BCUT2D eigenvalue weighted by molar-refractivity contribution is 5.95. The summed E-state index contributed by atoms with van der Waals surface area (Å²) in [5.41, 5.74) is 1.24. The van der Waals surface area contributed by atoms with E-state index in [2.05, 4.69) is 29.8 Å². The van der Waals surface area contributed by atoms with Crippen molar-refractivity contribution in [3.63, 3.8) is 0 Å². The van der Waals surface area contributed by atoms with Gasteiger partial charge in [0, 0.05) is 23.8 Å². The molecule has 21 heavy (non-hydrogen) atoms. The minimum absolute atomic E-state index is 0.0991. The van der Waals surface area contributed by atoms with Crippen LogP contribution in [0.25, 0.3) is 0 Å². The third-order valence-corrected chi connectivity index (χ3v) is 2.83. The van der Waals surface area contributed by atoms with Crippen molar-refractivity contribution in [2.24, 2.45) is 5.92 Å². The predicted molar refractivity (Wildman–Crippen MR) is 85.5 cm³/mol. The molecule has 0 bridgehead atoms. The highest BCUT2D eigenvalue weighted by Gasteiger charge is 2.07. The fourth-order valence-electron chi connectivity index (χ4n) is 1.70. The molecule has 0 saturated carbocycles. The Labute approximate surface area is 126 Å². The highest BCUT2D eigenvalue weighted by atomic mass is 16.2. The molecule has 0 aromatic heterocycles. The number of hydrogen-bond acceptors (Lipinski definition) is 2. The lowest BCUT2D eigenvalue weighted by Gasteiger charge is -2.10. The summed E-state index contributed by atoms with van der Waals surface area (Å²) < 4.78 is 0. The maximum Gasteiger partial charge on any atom is 0.319 e. The van der Waals surface area contributed by atoms with Gasteiger partial charge in [-0.25, -0.2) is 4.79 Å². The van der Waals surface area contributed by atoms with Gasteiger partial charge in [-0.05, 0) is 50.5 Å². The van der Waals surface area contributed by atoms with E-state index in [-0.39, 0.29) is 18.0 Å². The van der Waals surface area contributed by atoms with Crippen LogP contribution in [-0.4, -0.2) is 24.5 Å². The molecule has 3 N–H and O–H groups in total. The Kier molecular flexibility index (Phi) is 6.72. The number of carbonyl (C=O) groups is 2. The van der Waals surface area contributed by atoms with E-state index < -0.39 is 0 Å². The number of anilines is 1. The van der Waals surface area contributed by atoms with Gasteiger partial charge in [0.25, 0.3) is 5.91 Å². The fraction of sp³-hybridized carbons (Fsp3) is 0.500. The molecule has 5 nitrogen and oxygen atoms in total. The van der Waals surface area contributed by atoms with Gasteiger partial charge >= 0.3 is 6.03 Å². The summed E-state index contributed by atoms with van der Waals surface area (Å²) in [6.07, 6.45) is 0.946. The molecule has 5 heteroatoms. The molecule has 0 aliphatic carbocycles. The number of amides is 3. The summed E-state index contributed by atoms with van der Waals surface area (Å²) in [5, 5.41) is 8.36. The summed E-state index contributed by atoms with van der Waals surface area (Å²) in [5.74, 6) is 0.446. The number of hydrogen-bond donors (Lipinski definition) is 3. The van der Waals surface area contributed by atoms with E-state index in [1.54, 1.807) is 24.3 Å². The fourth-order valence-corrected chi connectivity index (χ4v) is 1.70. The van der Waals surface area contributed by atoms with Crippen LogP contribution in [0.3, 0.4) is 0 Å². The average Bonchev–Trinajstić information content (AvgIpc) is 2.38. The van der Waals surface area contributed by atoms with Gasteiger partial charge < -0.3 is 16.0 Å². The SMILES string of the molecule is CC(C)CCNC(=O)Nc1ccc(C(=O)NC(C)C)cc1. The van der Waals surface area contributed by atoms with Crippen LogP contribution in [-0.2, 0) is 0 Å². The van der Waals surface area contributed by atoms with Crippen molar-refractivity contribution in [1.82, 2.24) is 10.6 Å². The monoisotopic (exact) mass is 291 g/mol. The molecule has 3 amide bonds. The van der Waals surface area contributed by atoms with Crippen LogP contribution in [0.1, 0.15) is 44.5 Å². The Morgan fingerprint density at radius 1 is 1.05 bits per heavy atom. The van der Waals surface area contributed by atoms with E-state index >= 15 is 0 Å². The lowest BCUT2D eigenvalue weighted by atomic mass is 10.1. The molecular weight excluding hydrogens is 266 g/mol. The first-order chi connectivity index (χ1) is 9.88. The second-order valence-electron chi connectivity index (χ2n) is 5.77. The summed E-state index contributed by atoms with van der Waals surface area (Å²) >= 11 is 0. The molecule has 0 spiro atoms. The number of nitrogens with one attached hydrogen (secondary N) is 3. The molecule has 0 aliphatic rings. The zero-order chi connectivity index (χ0) is 15.8. The molecule has 0 fully saturated rings. The Morgan fingerprint density at radius 3 is 2.19 bits per heavy atom. The van der Waals surface area contributed by atoms with E-state index in [1.165, 1.54) is 0 Å². The van der Waals surface area contributed by atoms with Crippen molar-refractivity contribution in [3.05, 3.63) is 29.8 Å². The molecule has 0 aliphatic heterocycles. The molecular formula is C16H25N3O2. The van der Waals surface area contributed by atoms with Crippen LogP contribution < -0.4 is 16.0 Å². The normalized spacial score (nSPS) is 10.6. The zero-order valence-corrected chi connectivity index (χ0v) is 13.2. The van der Waals surface area contributed by atoms with Crippen molar-refractivity contribution in [2.75, 3.05) is 11.9 Å². The van der Waals surface area contributed by atoms with E-state index in [0.717, 1.165) is 6.42 Å². The van der Waals surface area contributed by atoms with Gasteiger partial charge in [0.05, 0.1) is 0 Å². The van der Waals surface area contributed by atoms with Crippen LogP contribution in [0, 0.1) is 5.92 Å². The van der Waals surface area contributed by atoms with Crippen molar-refractivity contribution in [3.8, 4) is 0 Å². The van der Waals surface area contributed by atoms with Crippen molar-refractivity contribution in [1.29, 1.82) is 0 Å². The first-order valence-electron chi connectivity index (χ1n) is 7.34. The first-order valence-corrected chi connectivity index (χ1v) is 7.34. The molecule has 0 atom stereocenters. The van der Waals surface area contributed by atoms with E-state index in [9.17, 15) is 9.59 Å². The lowest BCUT2D eigenvalue weighted by Crippen LogP contribution is -2.30. The molecule has 0 heterocycles. The van der Waals surface area contributed by atoms with Crippen molar-refractivity contribution in [2.45, 2.75) is 40.2 Å². The summed E-state index contributed by atoms with van der Waals surface area (Å²) in [6.45, 7) is 8.70. The Bertz CT molecular complexity index is 467. The van der Waals surface area contributed by atoms with Crippen LogP contribution >= 0.6 is 0 Å². The average molecular weight is 291 g/mol. The van der Waals surface area contributed by atoms with Crippen LogP contribution in [0.2, 0.25) is 0 Å². The quantitative estimate of drug-likeness (QED) is 0.754. The lowest BCUT2D eigenvalue weighted by molar-refractivity contribution is 0.0943. The summed E-state index contributed by atoms with van der Waals surface area (Å²) in [7, 11) is 0. The molecule has 116 valence electrons. The smallest absolute Gasteiger partial charge is 0.319 e. The second kappa shape index (κ2) is 8.29. The van der Waals surface area contributed by atoms with Crippen LogP contribution in [0.5, 0.6) is 0 Å². The maximum atomic E-state index is 11.8. The molecule has 0 radical (unpaired) electrons. The zero-order valence-electron chi connectivity index (χ0n) is 13.2. The Balaban J connectivity index is 2.47. The molecule has 1 rings (SSSR count). The predicted octanol–water partition coefficient (Wildman–Crippen LogP) is 2.99. The maximum absolute atomic E-state index is 11.8. The Hall–Kier alpha value is -2.04. The number of urea groups is 1. The molecule has 0 saturated heterocycles. The van der Waals surface area contributed by atoms with Gasteiger partial charge in [-0.1, -0.05) is 13.8 Å². The number of carbonyl (C=O) groups excluding carboxylic acids is 2. The summed E-state index contributed by atoms with van der Waals surface area (Å²) in [4.78, 5) is 23.4. The van der Waals surface area contributed by atoms with E-state index in [4.69, 9.17) is 0 Å².